The molecule has 1 unspecified atom stereocenters. The standard InChI is InChI=1S/C55H98O5/c1-4-7-10-13-16-19-22-24-26-27-28-29-31-32-34-36-39-42-45-48-54(56)59-52-53(51-58-50-47-44-41-38-21-18-15-12-9-6-3)60-55(57)49-46-43-40-37-35-33-30-25-23-20-17-14-11-8-5-2/h7,10,16,19,24-26,28-30,53H,4-6,8-9,11-15,17-18,20-23,27,31-52H2,1-3H3/b10-7-,19-16-,26-24-,29-28-,30-25-. The summed E-state index contributed by atoms with van der Waals surface area (Å²) >= 11 is 0. The number of carbonyl (C=O) groups excluding carboxylic acids is 2. The highest BCUT2D eigenvalue weighted by molar-refractivity contribution is 5.70. The van der Waals surface area contributed by atoms with Crippen LogP contribution in [-0.4, -0.2) is 37.9 Å². The molecule has 0 saturated heterocycles. The van der Waals surface area contributed by atoms with Crippen molar-refractivity contribution in [2.45, 2.75) is 258 Å². The summed E-state index contributed by atoms with van der Waals surface area (Å²) in [7, 11) is 0. The Hall–Kier alpha value is -2.40. The molecule has 0 aliphatic carbocycles. The maximum absolute atomic E-state index is 12.8. The van der Waals surface area contributed by atoms with Crippen molar-refractivity contribution in [1.29, 1.82) is 0 Å². The van der Waals surface area contributed by atoms with E-state index >= 15 is 0 Å². The molecular formula is C55H98O5. The number of hydrogen-bond donors (Lipinski definition) is 0. The third kappa shape index (κ3) is 48.3. The van der Waals surface area contributed by atoms with Crippen molar-refractivity contribution in [2.24, 2.45) is 0 Å². The molecule has 60 heavy (non-hydrogen) atoms. The molecule has 0 rings (SSSR count). The van der Waals surface area contributed by atoms with Crippen LogP contribution in [0.2, 0.25) is 0 Å². The van der Waals surface area contributed by atoms with Crippen LogP contribution in [0.3, 0.4) is 0 Å². The maximum Gasteiger partial charge on any atom is 0.306 e. The van der Waals surface area contributed by atoms with Gasteiger partial charge < -0.3 is 14.2 Å². The van der Waals surface area contributed by atoms with Gasteiger partial charge in [-0.1, -0.05) is 216 Å². The Labute approximate surface area is 373 Å². The Morgan fingerprint density at radius 2 is 0.750 bits per heavy atom. The Morgan fingerprint density at radius 3 is 1.22 bits per heavy atom. The minimum absolute atomic E-state index is 0.0757. The summed E-state index contributed by atoms with van der Waals surface area (Å²) in [5, 5.41) is 0. The second kappa shape index (κ2) is 51.0. The lowest BCUT2D eigenvalue weighted by atomic mass is 10.1. The van der Waals surface area contributed by atoms with E-state index in [1.165, 1.54) is 128 Å². The van der Waals surface area contributed by atoms with Gasteiger partial charge in [0.25, 0.3) is 0 Å². The lowest BCUT2D eigenvalue weighted by Gasteiger charge is -2.18. The second-order valence-corrected chi connectivity index (χ2v) is 17.0. The molecule has 0 saturated carbocycles. The molecule has 0 aromatic rings. The number of unbranched alkanes of at least 4 members (excludes halogenated alkanes) is 26. The monoisotopic (exact) mass is 839 g/mol. The van der Waals surface area contributed by atoms with E-state index in [0.29, 0.717) is 19.4 Å². The van der Waals surface area contributed by atoms with Crippen LogP contribution in [-0.2, 0) is 23.8 Å². The number of hydrogen-bond acceptors (Lipinski definition) is 5. The molecule has 0 bridgehead atoms. The molecule has 0 fully saturated rings. The van der Waals surface area contributed by atoms with Gasteiger partial charge in [-0.3, -0.25) is 9.59 Å². The van der Waals surface area contributed by atoms with E-state index in [-0.39, 0.29) is 25.2 Å². The zero-order valence-corrected chi connectivity index (χ0v) is 40.0. The first kappa shape index (κ1) is 57.6. The fourth-order valence-electron chi connectivity index (χ4n) is 7.20. The van der Waals surface area contributed by atoms with E-state index in [1.54, 1.807) is 0 Å². The summed E-state index contributed by atoms with van der Waals surface area (Å²) in [6.07, 6.45) is 63.6. The van der Waals surface area contributed by atoms with Crippen molar-refractivity contribution in [3.05, 3.63) is 60.8 Å². The average Bonchev–Trinajstić information content (AvgIpc) is 3.25. The van der Waals surface area contributed by atoms with Gasteiger partial charge in [-0.2, -0.15) is 0 Å². The molecule has 5 nitrogen and oxygen atoms in total. The molecule has 0 amide bonds. The van der Waals surface area contributed by atoms with E-state index in [2.05, 4.69) is 81.5 Å². The number of allylic oxidation sites excluding steroid dienone is 10. The van der Waals surface area contributed by atoms with Crippen LogP contribution in [0.25, 0.3) is 0 Å². The van der Waals surface area contributed by atoms with Crippen LogP contribution in [0.15, 0.2) is 60.8 Å². The summed E-state index contributed by atoms with van der Waals surface area (Å²) in [4.78, 5) is 25.4. The lowest BCUT2D eigenvalue weighted by molar-refractivity contribution is -0.163. The van der Waals surface area contributed by atoms with E-state index in [4.69, 9.17) is 14.2 Å². The predicted molar refractivity (Wildman–Crippen MR) is 261 cm³/mol. The summed E-state index contributed by atoms with van der Waals surface area (Å²) in [6, 6.07) is 0. The van der Waals surface area contributed by atoms with Crippen molar-refractivity contribution >= 4 is 11.9 Å². The van der Waals surface area contributed by atoms with E-state index < -0.39 is 6.10 Å². The van der Waals surface area contributed by atoms with Gasteiger partial charge in [0.1, 0.15) is 6.61 Å². The molecule has 0 spiro atoms. The summed E-state index contributed by atoms with van der Waals surface area (Å²) in [6.45, 7) is 7.70. The molecule has 1 atom stereocenters. The number of esters is 2. The summed E-state index contributed by atoms with van der Waals surface area (Å²) in [5.41, 5.74) is 0. The van der Waals surface area contributed by atoms with Crippen molar-refractivity contribution in [3.8, 4) is 0 Å². The Bertz CT molecular complexity index is 1040. The SMILES string of the molecule is CC/C=C\C/C=C\C/C=C\C/C=C\CCCCCCCCC(=O)OCC(COCCCCCCCCCCCC)OC(=O)CCCCCCC/C=C\CCCCCCCC. The van der Waals surface area contributed by atoms with Gasteiger partial charge in [0.15, 0.2) is 6.10 Å². The molecule has 0 aromatic heterocycles. The van der Waals surface area contributed by atoms with Crippen molar-refractivity contribution in [2.75, 3.05) is 19.8 Å². The first-order valence-electron chi connectivity index (χ1n) is 25.8. The molecule has 5 heteroatoms. The largest absolute Gasteiger partial charge is 0.462 e. The number of rotatable bonds is 47. The van der Waals surface area contributed by atoms with Gasteiger partial charge in [-0.05, 0) is 83.5 Å². The van der Waals surface area contributed by atoms with Gasteiger partial charge >= 0.3 is 11.9 Å². The van der Waals surface area contributed by atoms with Crippen LogP contribution >= 0.6 is 0 Å². The first-order valence-corrected chi connectivity index (χ1v) is 25.8. The Kier molecular flexibility index (Phi) is 48.9. The minimum Gasteiger partial charge on any atom is -0.462 e. The van der Waals surface area contributed by atoms with Crippen molar-refractivity contribution in [1.82, 2.24) is 0 Å². The Morgan fingerprint density at radius 1 is 0.383 bits per heavy atom. The predicted octanol–water partition coefficient (Wildman–Crippen LogP) is 17.3. The number of carbonyl (C=O) groups is 2. The van der Waals surface area contributed by atoms with Gasteiger partial charge in [-0.15, -0.1) is 0 Å². The Balaban J connectivity index is 4.24. The topological polar surface area (TPSA) is 61.8 Å². The fraction of sp³-hybridized carbons (Fsp3) is 0.782. The van der Waals surface area contributed by atoms with Crippen molar-refractivity contribution < 1.29 is 23.8 Å². The average molecular weight is 839 g/mol. The van der Waals surface area contributed by atoms with E-state index in [1.807, 2.05) is 0 Å². The van der Waals surface area contributed by atoms with Gasteiger partial charge in [0.05, 0.1) is 6.61 Å². The number of ether oxygens (including phenoxy) is 3. The van der Waals surface area contributed by atoms with Crippen LogP contribution in [0.1, 0.15) is 252 Å². The van der Waals surface area contributed by atoms with E-state index in [9.17, 15) is 9.59 Å². The summed E-state index contributed by atoms with van der Waals surface area (Å²) in [5.74, 6) is -0.416. The first-order chi connectivity index (χ1) is 29.6. The molecule has 348 valence electrons. The second-order valence-electron chi connectivity index (χ2n) is 17.0. The fourth-order valence-corrected chi connectivity index (χ4v) is 7.20. The highest BCUT2D eigenvalue weighted by Crippen LogP contribution is 2.14. The third-order valence-corrected chi connectivity index (χ3v) is 11.0. The highest BCUT2D eigenvalue weighted by atomic mass is 16.6. The lowest BCUT2D eigenvalue weighted by Crippen LogP contribution is -2.30. The van der Waals surface area contributed by atoms with Crippen molar-refractivity contribution in [3.63, 3.8) is 0 Å². The van der Waals surface area contributed by atoms with E-state index in [0.717, 1.165) is 89.9 Å². The zero-order chi connectivity index (χ0) is 43.5. The van der Waals surface area contributed by atoms with Gasteiger partial charge in [0, 0.05) is 19.4 Å². The molecular weight excluding hydrogens is 741 g/mol. The van der Waals surface area contributed by atoms with Crippen LogP contribution < -0.4 is 0 Å². The molecule has 0 N–H and O–H groups in total. The van der Waals surface area contributed by atoms with Crippen LogP contribution in [0, 0.1) is 0 Å². The molecule has 0 aliphatic rings. The van der Waals surface area contributed by atoms with Gasteiger partial charge in [0.2, 0.25) is 0 Å². The van der Waals surface area contributed by atoms with Crippen LogP contribution in [0.5, 0.6) is 0 Å². The molecule has 0 radical (unpaired) electrons. The molecule has 0 heterocycles. The molecule has 0 aromatic carbocycles. The minimum atomic E-state index is -0.544. The normalized spacial score (nSPS) is 12.7. The van der Waals surface area contributed by atoms with Crippen LogP contribution in [0.4, 0.5) is 0 Å². The smallest absolute Gasteiger partial charge is 0.306 e. The van der Waals surface area contributed by atoms with Gasteiger partial charge in [-0.25, -0.2) is 0 Å². The zero-order valence-electron chi connectivity index (χ0n) is 40.0. The quantitative estimate of drug-likeness (QED) is 0.0347. The summed E-state index contributed by atoms with van der Waals surface area (Å²) < 4.78 is 17.4. The highest BCUT2D eigenvalue weighted by Gasteiger charge is 2.17. The maximum atomic E-state index is 12.8. The third-order valence-electron chi connectivity index (χ3n) is 11.0. The molecule has 0 aliphatic heterocycles.